The van der Waals surface area contributed by atoms with E-state index in [1.165, 1.54) is 0 Å². The molecule has 1 N–H and O–H groups in total. The maximum absolute atomic E-state index is 12.8. The summed E-state index contributed by atoms with van der Waals surface area (Å²) in [5.41, 5.74) is 2.58. The summed E-state index contributed by atoms with van der Waals surface area (Å²) in [5, 5.41) is 4.10. The third kappa shape index (κ3) is 4.69. The van der Waals surface area contributed by atoms with E-state index in [1.54, 1.807) is 6.07 Å². The predicted molar refractivity (Wildman–Crippen MR) is 135 cm³/mol. The Balaban J connectivity index is 1.43. The van der Waals surface area contributed by atoms with Crippen molar-refractivity contribution in [2.45, 2.75) is 32.2 Å². The third-order valence-corrected chi connectivity index (χ3v) is 7.21. The molecular formula is C25H28Cl2N4O3. The van der Waals surface area contributed by atoms with Crippen molar-refractivity contribution in [3.63, 3.8) is 0 Å². The molecule has 1 aromatic heterocycles. The molecule has 0 bridgehead atoms. The first kappa shape index (κ1) is 23.3. The molecular weight excluding hydrogens is 475 g/mol. The monoisotopic (exact) mass is 502 g/mol. The van der Waals surface area contributed by atoms with Crippen molar-refractivity contribution < 1.29 is 14.3 Å². The zero-order valence-corrected chi connectivity index (χ0v) is 20.6. The number of anilines is 1. The van der Waals surface area contributed by atoms with Gasteiger partial charge < -0.3 is 19.7 Å². The van der Waals surface area contributed by atoms with E-state index in [0.29, 0.717) is 23.3 Å². The second-order valence-electron chi connectivity index (χ2n) is 8.76. The van der Waals surface area contributed by atoms with E-state index < -0.39 is 0 Å². The van der Waals surface area contributed by atoms with Crippen LogP contribution in [0.5, 0.6) is 5.75 Å². The summed E-state index contributed by atoms with van der Waals surface area (Å²) in [4.78, 5) is 19.9. The number of halogens is 2. The van der Waals surface area contributed by atoms with Gasteiger partial charge in [0.15, 0.2) is 0 Å². The van der Waals surface area contributed by atoms with E-state index in [9.17, 15) is 4.79 Å². The number of carbonyl (C=O) groups is 1. The average molecular weight is 503 g/mol. The summed E-state index contributed by atoms with van der Waals surface area (Å²) in [5.74, 6) is 1.73. The Hall–Kier alpha value is -2.48. The number of aromatic nitrogens is 2. The predicted octanol–water partition coefficient (Wildman–Crippen LogP) is 4.85. The van der Waals surface area contributed by atoms with Crippen molar-refractivity contribution in [1.82, 2.24) is 14.9 Å². The number of ether oxygens (including phenoxy) is 2. The number of nitrogens with one attached hydrogen (secondary N) is 1. The van der Waals surface area contributed by atoms with Crippen LogP contribution in [0, 0.1) is 5.92 Å². The average Bonchev–Trinajstić information content (AvgIpc) is 3.48. The van der Waals surface area contributed by atoms with E-state index >= 15 is 0 Å². The highest BCUT2D eigenvalue weighted by molar-refractivity contribution is 6.42. The Bertz CT molecular complexity index is 1180. The lowest BCUT2D eigenvalue weighted by Crippen LogP contribution is -2.44. The number of fused-ring (bicyclic) bond motifs is 1. The van der Waals surface area contributed by atoms with Crippen LogP contribution in [-0.2, 0) is 9.53 Å². The van der Waals surface area contributed by atoms with Crippen molar-refractivity contribution in [2.75, 3.05) is 37.8 Å². The van der Waals surface area contributed by atoms with Gasteiger partial charge in [-0.1, -0.05) is 29.3 Å². The Labute approximate surface area is 208 Å². The highest BCUT2D eigenvalue weighted by Gasteiger charge is 2.30. The third-order valence-electron chi connectivity index (χ3n) is 6.49. The second kappa shape index (κ2) is 10.0. The molecule has 1 unspecified atom stereocenters. The van der Waals surface area contributed by atoms with Gasteiger partial charge in [-0.2, -0.15) is 0 Å². The first-order valence-electron chi connectivity index (χ1n) is 11.8. The van der Waals surface area contributed by atoms with Gasteiger partial charge in [-0.25, -0.2) is 4.98 Å². The van der Waals surface area contributed by atoms with Gasteiger partial charge in [0.2, 0.25) is 11.9 Å². The highest BCUT2D eigenvalue weighted by Crippen LogP contribution is 2.35. The Morgan fingerprint density at radius 2 is 1.97 bits per heavy atom. The van der Waals surface area contributed by atoms with Crippen molar-refractivity contribution in [3.8, 4) is 11.4 Å². The molecule has 5 rings (SSSR count). The van der Waals surface area contributed by atoms with Gasteiger partial charge in [0, 0.05) is 31.7 Å². The SMILES string of the molecule is CCOc1cccc(-n2c(N3CCC(C(=O)NC4CCOC4)CC3)nc3cc(Cl)c(Cl)cc32)c1. The molecule has 2 aromatic carbocycles. The first-order chi connectivity index (χ1) is 16.5. The summed E-state index contributed by atoms with van der Waals surface area (Å²) in [6.45, 7) is 5.35. The molecule has 9 heteroatoms. The number of nitrogens with zero attached hydrogens (tertiary/aromatic N) is 3. The minimum atomic E-state index is -0.000139. The molecule has 2 aliphatic rings. The molecule has 3 heterocycles. The van der Waals surface area contributed by atoms with Crippen LogP contribution < -0.4 is 15.0 Å². The van der Waals surface area contributed by atoms with Gasteiger partial charge in [-0.05, 0) is 50.5 Å². The van der Waals surface area contributed by atoms with Crippen LogP contribution in [0.25, 0.3) is 16.7 Å². The molecule has 2 saturated heterocycles. The topological polar surface area (TPSA) is 68.6 Å². The summed E-state index contributed by atoms with van der Waals surface area (Å²) in [6, 6.07) is 11.7. The van der Waals surface area contributed by atoms with Crippen molar-refractivity contribution in [1.29, 1.82) is 0 Å². The number of hydrogen-bond acceptors (Lipinski definition) is 5. The quantitative estimate of drug-likeness (QED) is 0.521. The molecule has 1 amide bonds. The van der Waals surface area contributed by atoms with Crippen molar-refractivity contribution in [3.05, 3.63) is 46.4 Å². The number of benzene rings is 2. The molecule has 0 radical (unpaired) electrons. The summed E-state index contributed by atoms with van der Waals surface area (Å²) in [7, 11) is 0. The Kier molecular flexibility index (Phi) is 6.86. The maximum Gasteiger partial charge on any atom is 0.223 e. The largest absolute Gasteiger partial charge is 0.494 e. The van der Waals surface area contributed by atoms with E-state index in [1.807, 2.05) is 37.3 Å². The molecule has 2 fully saturated rings. The van der Waals surface area contributed by atoms with E-state index in [4.69, 9.17) is 37.7 Å². The van der Waals surface area contributed by atoms with E-state index in [0.717, 1.165) is 67.4 Å². The van der Waals surface area contributed by atoms with Crippen LogP contribution >= 0.6 is 23.2 Å². The van der Waals surface area contributed by atoms with Gasteiger partial charge in [-0.3, -0.25) is 9.36 Å². The van der Waals surface area contributed by atoms with Crippen LogP contribution in [0.3, 0.4) is 0 Å². The van der Waals surface area contributed by atoms with Crippen LogP contribution in [0.15, 0.2) is 36.4 Å². The van der Waals surface area contributed by atoms with Gasteiger partial charge in [-0.15, -0.1) is 0 Å². The normalized spacial score (nSPS) is 19.0. The lowest BCUT2D eigenvalue weighted by atomic mass is 9.95. The molecule has 1 atom stereocenters. The highest BCUT2D eigenvalue weighted by atomic mass is 35.5. The number of piperidine rings is 1. The molecule has 0 aliphatic carbocycles. The maximum atomic E-state index is 12.8. The van der Waals surface area contributed by atoms with Gasteiger partial charge in [0.25, 0.3) is 0 Å². The molecule has 180 valence electrons. The van der Waals surface area contributed by atoms with Crippen LogP contribution in [0.1, 0.15) is 26.2 Å². The number of rotatable bonds is 6. The number of imidazole rings is 1. The number of hydrogen-bond donors (Lipinski definition) is 1. The lowest BCUT2D eigenvalue weighted by Gasteiger charge is -2.32. The van der Waals surface area contributed by atoms with Crippen LogP contribution in [0.4, 0.5) is 5.95 Å². The van der Waals surface area contributed by atoms with Gasteiger partial charge in [0.1, 0.15) is 5.75 Å². The molecule has 2 aliphatic heterocycles. The molecule has 7 nitrogen and oxygen atoms in total. The fourth-order valence-corrected chi connectivity index (χ4v) is 5.03. The minimum absolute atomic E-state index is 0.000139. The zero-order valence-electron chi connectivity index (χ0n) is 19.1. The van der Waals surface area contributed by atoms with E-state index in [-0.39, 0.29) is 17.9 Å². The standard InChI is InChI=1S/C25H28Cl2N4O3/c1-2-34-19-5-3-4-18(12-19)31-23-14-21(27)20(26)13-22(23)29-25(31)30-9-6-16(7-10-30)24(32)28-17-8-11-33-15-17/h3-5,12-14,16-17H,2,6-11,15H2,1H3,(H,28,32). The van der Waals surface area contributed by atoms with Crippen molar-refractivity contribution in [2.24, 2.45) is 5.92 Å². The molecule has 0 saturated carbocycles. The Morgan fingerprint density at radius 3 is 2.71 bits per heavy atom. The Morgan fingerprint density at radius 1 is 1.18 bits per heavy atom. The smallest absolute Gasteiger partial charge is 0.223 e. The summed E-state index contributed by atoms with van der Waals surface area (Å²) >= 11 is 12.7. The molecule has 3 aromatic rings. The number of amides is 1. The summed E-state index contributed by atoms with van der Waals surface area (Å²) in [6.07, 6.45) is 2.42. The number of carbonyl (C=O) groups excluding carboxylic acids is 1. The second-order valence-corrected chi connectivity index (χ2v) is 9.58. The first-order valence-corrected chi connectivity index (χ1v) is 12.5. The minimum Gasteiger partial charge on any atom is -0.494 e. The van der Waals surface area contributed by atoms with Crippen LogP contribution in [0.2, 0.25) is 10.0 Å². The lowest BCUT2D eigenvalue weighted by molar-refractivity contribution is -0.126. The van der Waals surface area contributed by atoms with Gasteiger partial charge >= 0.3 is 0 Å². The summed E-state index contributed by atoms with van der Waals surface area (Å²) < 4.78 is 13.2. The molecule has 0 spiro atoms. The fourth-order valence-electron chi connectivity index (χ4n) is 4.71. The fraction of sp³-hybridized carbons (Fsp3) is 0.440. The van der Waals surface area contributed by atoms with Crippen molar-refractivity contribution >= 4 is 46.1 Å². The molecule has 34 heavy (non-hydrogen) atoms. The zero-order chi connectivity index (χ0) is 23.7. The van der Waals surface area contributed by atoms with E-state index in [2.05, 4.69) is 14.8 Å². The van der Waals surface area contributed by atoms with Crippen LogP contribution in [-0.4, -0.2) is 54.4 Å². The van der Waals surface area contributed by atoms with Gasteiger partial charge in [0.05, 0.1) is 46.0 Å².